The summed E-state index contributed by atoms with van der Waals surface area (Å²) < 4.78 is 21.8. The highest BCUT2D eigenvalue weighted by Gasteiger charge is 2.50. The Morgan fingerprint density at radius 1 is 0.630 bits per heavy atom. The standard InChI is InChI=1S/C30H38O16/c1-11(7-13-3-5-15(31)16(32)9-13)12(2)8-14-4-6-17(43-29-23(37)19(33)21(35)25(45-29)27(39)40)18(10-14)44-30-24(38)20(34)22(36)26(46-30)28(41)42/h3-6,9-12,19-26,29-38H,7-8H2,1-2H3,(H,39,40)(H,41,42). The molecule has 0 amide bonds. The van der Waals surface area contributed by atoms with E-state index in [9.17, 15) is 60.7 Å². The predicted molar refractivity (Wildman–Crippen MR) is 152 cm³/mol. The van der Waals surface area contributed by atoms with Crippen LogP contribution < -0.4 is 9.47 Å². The van der Waals surface area contributed by atoms with E-state index in [0.717, 1.165) is 5.56 Å². The molecule has 2 heterocycles. The van der Waals surface area contributed by atoms with Gasteiger partial charge in [-0.05, 0) is 60.1 Å². The molecule has 16 heteroatoms. The molecule has 10 N–H and O–H groups in total. The molecule has 12 atom stereocenters. The molecule has 4 rings (SSSR count). The molecule has 0 saturated carbocycles. The first-order chi connectivity index (χ1) is 21.6. The Kier molecular flexibility index (Phi) is 11.0. The fourth-order valence-corrected chi connectivity index (χ4v) is 5.26. The summed E-state index contributed by atoms with van der Waals surface area (Å²) in [6.07, 6.45) is -18.5. The number of aliphatic hydroxyl groups is 6. The smallest absolute Gasteiger partial charge is 0.335 e. The Labute approximate surface area is 262 Å². The van der Waals surface area contributed by atoms with E-state index in [1.54, 1.807) is 12.1 Å². The molecule has 0 radical (unpaired) electrons. The third-order valence-electron chi connectivity index (χ3n) is 8.25. The van der Waals surface area contributed by atoms with E-state index in [4.69, 9.17) is 18.9 Å². The number of ether oxygens (including phenoxy) is 4. The first-order valence-electron chi connectivity index (χ1n) is 14.4. The molecule has 2 aliphatic rings. The van der Waals surface area contributed by atoms with Gasteiger partial charge in [-0.3, -0.25) is 0 Å². The van der Waals surface area contributed by atoms with Gasteiger partial charge >= 0.3 is 11.9 Å². The van der Waals surface area contributed by atoms with Crippen molar-refractivity contribution in [1.29, 1.82) is 0 Å². The molecule has 0 aliphatic carbocycles. The first kappa shape index (κ1) is 35.1. The van der Waals surface area contributed by atoms with E-state index in [0.29, 0.717) is 18.4 Å². The molecule has 12 unspecified atom stereocenters. The largest absolute Gasteiger partial charge is 0.504 e. The summed E-state index contributed by atoms with van der Waals surface area (Å²) in [7, 11) is 0. The molecule has 16 nitrogen and oxygen atoms in total. The van der Waals surface area contributed by atoms with Gasteiger partial charge in [0, 0.05) is 0 Å². The first-order valence-corrected chi connectivity index (χ1v) is 14.4. The highest BCUT2D eigenvalue weighted by molar-refractivity contribution is 5.74. The lowest BCUT2D eigenvalue weighted by molar-refractivity contribution is -0.276. The van der Waals surface area contributed by atoms with E-state index >= 15 is 0 Å². The Bertz CT molecular complexity index is 1380. The van der Waals surface area contributed by atoms with Crippen molar-refractivity contribution in [3.8, 4) is 23.0 Å². The van der Waals surface area contributed by atoms with Crippen LogP contribution in [0.2, 0.25) is 0 Å². The van der Waals surface area contributed by atoms with E-state index in [1.807, 2.05) is 13.8 Å². The van der Waals surface area contributed by atoms with Crippen molar-refractivity contribution in [2.45, 2.75) is 88.1 Å². The number of carbonyl (C=O) groups is 2. The van der Waals surface area contributed by atoms with E-state index in [1.165, 1.54) is 24.3 Å². The topological polar surface area (TPSA) is 273 Å². The van der Waals surface area contributed by atoms with Crippen molar-refractivity contribution >= 4 is 11.9 Å². The Morgan fingerprint density at radius 2 is 1.07 bits per heavy atom. The van der Waals surface area contributed by atoms with Gasteiger partial charge in [-0.25, -0.2) is 9.59 Å². The summed E-state index contributed by atoms with van der Waals surface area (Å²) in [5.74, 6) is -4.20. The van der Waals surface area contributed by atoms with Gasteiger partial charge in [-0.15, -0.1) is 0 Å². The molecule has 2 aliphatic heterocycles. The number of phenolic OH excluding ortho intramolecular Hbond substituents is 2. The lowest BCUT2D eigenvalue weighted by Gasteiger charge is -2.40. The fraction of sp³-hybridized carbons (Fsp3) is 0.533. The summed E-state index contributed by atoms with van der Waals surface area (Å²) in [4.78, 5) is 23.2. The number of carboxylic acid groups (broad SMARTS) is 2. The zero-order valence-electron chi connectivity index (χ0n) is 24.7. The summed E-state index contributed by atoms with van der Waals surface area (Å²) >= 11 is 0. The quantitative estimate of drug-likeness (QED) is 0.126. The van der Waals surface area contributed by atoms with Crippen molar-refractivity contribution in [1.82, 2.24) is 0 Å². The molecule has 2 aromatic carbocycles. The van der Waals surface area contributed by atoms with Crippen molar-refractivity contribution in [3.05, 3.63) is 47.5 Å². The fourth-order valence-electron chi connectivity index (χ4n) is 5.26. The summed E-state index contributed by atoms with van der Waals surface area (Å²) in [5, 5.41) is 99.7. The van der Waals surface area contributed by atoms with Crippen LogP contribution in [0.5, 0.6) is 23.0 Å². The number of phenols is 2. The number of rotatable bonds is 11. The molecular weight excluding hydrogens is 616 g/mol. The lowest BCUT2D eigenvalue weighted by atomic mass is 9.85. The number of aliphatic carboxylic acids is 2. The maximum absolute atomic E-state index is 11.6. The van der Waals surface area contributed by atoms with Crippen LogP contribution >= 0.6 is 0 Å². The minimum atomic E-state index is -1.99. The molecule has 0 aromatic heterocycles. The van der Waals surface area contributed by atoms with Crippen LogP contribution in [0.1, 0.15) is 25.0 Å². The van der Waals surface area contributed by atoms with E-state index in [2.05, 4.69) is 0 Å². The van der Waals surface area contributed by atoms with Crippen molar-refractivity contribution in [2.75, 3.05) is 0 Å². The number of aromatic hydroxyl groups is 2. The van der Waals surface area contributed by atoms with Crippen LogP contribution in [0.4, 0.5) is 0 Å². The second kappa shape index (κ2) is 14.4. The van der Waals surface area contributed by atoms with E-state index < -0.39 is 73.4 Å². The minimum absolute atomic E-state index is 0.00287. The number of aliphatic hydroxyl groups excluding tert-OH is 6. The number of hydrogen-bond acceptors (Lipinski definition) is 14. The van der Waals surface area contributed by atoms with Gasteiger partial charge in [0.05, 0.1) is 0 Å². The average Bonchev–Trinajstić information content (AvgIpc) is 3.00. The molecule has 2 fully saturated rings. The molecule has 2 aromatic rings. The van der Waals surface area contributed by atoms with Crippen LogP contribution in [0.25, 0.3) is 0 Å². The third-order valence-corrected chi connectivity index (χ3v) is 8.25. The maximum atomic E-state index is 11.6. The second-order valence-corrected chi connectivity index (χ2v) is 11.7. The Hall–Kier alpha value is -3.74. The minimum Gasteiger partial charge on any atom is -0.504 e. The van der Waals surface area contributed by atoms with Crippen LogP contribution in [0.15, 0.2) is 36.4 Å². The van der Waals surface area contributed by atoms with Crippen LogP contribution in [-0.2, 0) is 31.9 Å². The predicted octanol–water partition coefficient (Wildman–Crippen LogP) is -1.30. The Morgan fingerprint density at radius 3 is 1.52 bits per heavy atom. The third kappa shape index (κ3) is 7.62. The SMILES string of the molecule is CC(Cc1ccc(O)c(O)c1)C(C)Cc1ccc(OC2OC(C(=O)O)C(O)C(O)C2O)c(OC2OC(C(=O)O)C(O)C(O)C2O)c1. The highest BCUT2D eigenvalue weighted by Crippen LogP contribution is 2.36. The van der Waals surface area contributed by atoms with Gasteiger partial charge in [0.25, 0.3) is 0 Å². The van der Waals surface area contributed by atoms with Gasteiger partial charge < -0.3 is 70.0 Å². The number of benzene rings is 2. The normalized spacial score (nSPS) is 32.7. The molecule has 0 bridgehead atoms. The van der Waals surface area contributed by atoms with Crippen molar-refractivity contribution < 1.29 is 79.6 Å². The molecular formula is C30H38O16. The van der Waals surface area contributed by atoms with Gasteiger partial charge in [0.1, 0.15) is 36.6 Å². The summed E-state index contributed by atoms with van der Waals surface area (Å²) in [6.45, 7) is 3.94. The summed E-state index contributed by atoms with van der Waals surface area (Å²) in [5.41, 5.74) is 1.41. The second-order valence-electron chi connectivity index (χ2n) is 11.7. The van der Waals surface area contributed by atoms with Crippen LogP contribution in [0.3, 0.4) is 0 Å². The van der Waals surface area contributed by atoms with Crippen molar-refractivity contribution in [2.24, 2.45) is 11.8 Å². The average molecular weight is 655 g/mol. The summed E-state index contributed by atoms with van der Waals surface area (Å²) in [6, 6.07) is 8.93. The van der Waals surface area contributed by atoms with Gasteiger partial charge in [0.15, 0.2) is 35.2 Å². The van der Waals surface area contributed by atoms with Crippen LogP contribution in [0, 0.1) is 11.8 Å². The zero-order valence-corrected chi connectivity index (χ0v) is 24.7. The van der Waals surface area contributed by atoms with E-state index in [-0.39, 0.29) is 34.8 Å². The highest BCUT2D eigenvalue weighted by atomic mass is 16.7. The lowest BCUT2D eigenvalue weighted by Crippen LogP contribution is -2.61. The zero-order chi connectivity index (χ0) is 34.0. The van der Waals surface area contributed by atoms with Gasteiger partial charge in [-0.2, -0.15) is 0 Å². The van der Waals surface area contributed by atoms with Gasteiger partial charge in [-0.1, -0.05) is 26.0 Å². The molecule has 0 spiro atoms. The number of hydrogen-bond donors (Lipinski definition) is 10. The van der Waals surface area contributed by atoms with Crippen molar-refractivity contribution in [3.63, 3.8) is 0 Å². The monoisotopic (exact) mass is 654 g/mol. The number of carboxylic acids is 2. The maximum Gasteiger partial charge on any atom is 0.335 e. The van der Waals surface area contributed by atoms with Gasteiger partial charge in [0.2, 0.25) is 12.6 Å². The molecule has 254 valence electrons. The molecule has 2 saturated heterocycles. The van der Waals surface area contributed by atoms with Crippen LogP contribution in [-0.4, -0.2) is 124 Å². The molecule has 46 heavy (non-hydrogen) atoms. The Balaban J connectivity index is 1.61.